The molecule has 0 aliphatic carbocycles. The third-order valence-corrected chi connectivity index (χ3v) is 4.46. The maximum Gasteiger partial charge on any atom is 0.345 e. The van der Waals surface area contributed by atoms with Crippen LogP contribution < -0.4 is 0 Å². The Labute approximate surface area is 116 Å². The van der Waals surface area contributed by atoms with Crippen LogP contribution in [0.25, 0.3) is 0 Å². The zero-order valence-electron chi connectivity index (χ0n) is 11.2. The van der Waals surface area contributed by atoms with Gasteiger partial charge >= 0.3 is 5.97 Å². The lowest BCUT2D eigenvalue weighted by Gasteiger charge is -2.19. The lowest BCUT2D eigenvalue weighted by molar-refractivity contribution is -0.130. The number of likely N-dealkylation sites (N-methyl/N-ethyl adjacent to an activating group) is 1. The van der Waals surface area contributed by atoms with Gasteiger partial charge in [0.1, 0.15) is 4.88 Å². The van der Waals surface area contributed by atoms with Crippen molar-refractivity contribution >= 4 is 23.2 Å². The highest BCUT2D eigenvalue weighted by molar-refractivity contribution is 7.14. The summed E-state index contributed by atoms with van der Waals surface area (Å²) in [5.41, 5.74) is 1.01. The molecule has 0 atom stereocenters. The molecule has 1 aliphatic heterocycles. The lowest BCUT2D eigenvalue weighted by atomic mass is 10.2. The Bertz CT molecular complexity index is 498. The molecule has 1 aliphatic rings. The molecule has 0 radical (unpaired) electrons. The highest BCUT2D eigenvalue weighted by Crippen LogP contribution is 2.23. The molecule has 5 nitrogen and oxygen atoms in total. The van der Waals surface area contributed by atoms with Crippen LogP contribution in [0.5, 0.6) is 0 Å². The van der Waals surface area contributed by atoms with Crippen molar-refractivity contribution in [1.82, 2.24) is 9.80 Å². The summed E-state index contributed by atoms with van der Waals surface area (Å²) >= 11 is 1.30. The molecule has 0 aromatic carbocycles. The summed E-state index contributed by atoms with van der Waals surface area (Å²) < 4.78 is 0. The minimum Gasteiger partial charge on any atom is -0.477 e. The largest absolute Gasteiger partial charge is 0.477 e. The maximum absolute atomic E-state index is 11.8. The van der Waals surface area contributed by atoms with E-state index in [-0.39, 0.29) is 5.91 Å². The van der Waals surface area contributed by atoms with Crippen molar-refractivity contribution in [3.05, 3.63) is 21.4 Å². The number of carboxylic acids is 1. The van der Waals surface area contributed by atoms with E-state index in [0.717, 1.165) is 30.0 Å². The SMILES string of the molecule is Cc1sc(C(=O)O)cc1CN1CCCN(C)C(=O)C1. The molecule has 2 rings (SSSR count). The summed E-state index contributed by atoms with van der Waals surface area (Å²) in [5, 5.41) is 8.99. The number of aromatic carboxylic acids is 1. The first-order valence-corrected chi connectivity index (χ1v) is 7.08. The summed E-state index contributed by atoms with van der Waals surface area (Å²) in [4.78, 5) is 28.0. The second kappa shape index (κ2) is 5.71. The normalized spacial score (nSPS) is 17.6. The number of carbonyl (C=O) groups is 2. The zero-order valence-corrected chi connectivity index (χ0v) is 12.0. The van der Waals surface area contributed by atoms with Crippen molar-refractivity contribution in [2.45, 2.75) is 19.9 Å². The molecule has 1 saturated heterocycles. The van der Waals surface area contributed by atoms with E-state index in [2.05, 4.69) is 4.90 Å². The van der Waals surface area contributed by atoms with Crippen molar-refractivity contribution in [3.63, 3.8) is 0 Å². The number of carboxylic acid groups (broad SMARTS) is 1. The number of hydrogen-bond donors (Lipinski definition) is 1. The molecule has 1 fully saturated rings. The van der Waals surface area contributed by atoms with Gasteiger partial charge in [0.05, 0.1) is 6.54 Å². The molecule has 19 heavy (non-hydrogen) atoms. The Hall–Kier alpha value is -1.40. The third kappa shape index (κ3) is 3.33. The number of carbonyl (C=O) groups excluding carboxylic acids is 1. The Balaban J connectivity index is 2.08. The van der Waals surface area contributed by atoms with Gasteiger partial charge in [-0.3, -0.25) is 9.69 Å². The van der Waals surface area contributed by atoms with Gasteiger partial charge < -0.3 is 10.0 Å². The highest BCUT2D eigenvalue weighted by Gasteiger charge is 2.20. The van der Waals surface area contributed by atoms with Crippen LogP contribution in [-0.4, -0.2) is 53.5 Å². The van der Waals surface area contributed by atoms with Crippen molar-refractivity contribution in [1.29, 1.82) is 0 Å². The van der Waals surface area contributed by atoms with Crippen LogP contribution in [0.15, 0.2) is 6.07 Å². The summed E-state index contributed by atoms with van der Waals surface area (Å²) in [7, 11) is 1.82. The van der Waals surface area contributed by atoms with E-state index >= 15 is 0 Å². The van der Waals surface area contributed by atoms with Crippen LogP contribution in [-0.2, 0) is 11.3 Å². The fourth-order valence-corrected chi connectivity index (χ4v) is 3.08. The average Bonchev–Trinajstić information content (AvgIpc) is 2.62. The van der Waals surface area contributed by atoms with Crippen molar-refractivity contribution in [2.75, 3.05) is 26.7 Å². The monoisotopic (exact) mass is 282 g/mol. The molecule has 0 spiro atoms. The van der Waals surface area contributed by atoms with E-state index in [1.807, 2.05) is 14.0 Å². The Morgan fingerprint density at radius 3 is 2.84 bits per heavy atom. The second-order valence-corrected chi connectivity index (χ2v) is 6.13. The Kier molecular flexibility index (Phi) is 4.21. The molecule has 1 N–H and O–H groups in total. The summed E-state index contributed by atoms with van der Waals surface area (Å²) in [6.45, 7) is 4.65. The molecule has 0 unspecified atom stereocenters. The summed E-state index contributed by atoms with van der Waals surface area (Å²) in [6.07, 6.45) is 0.956. The molecule has 1 amide bonds. The highest BCUT2D eigenvalue weighted by atomic mass is 32.1. The standard InChI is InChI=1S/C13H18N2O3S/c1-9-10(6-11(19-9)13(17)18)7-15-5-3-4-14(2)12(16)8-15/h6H,3-5,7-8H2,1-2H3,(H,17,18). The van der Waals surface area contributed by atoms with Crippen molar-refractivity contribution < 1.29 is 14.7 Å². The smallest absolute Gasteiger partial charge is 0.345 e. The molecule has 6 heteroatoms. The molecule has 1 aromatic rings. The molecule has 104 valence electrons. The quantitative estimate of drug-likeness (QED) is 0.911. The first-order valence-electron chi connectivity index (χ1n) is 6.26. The zero-order chi connectivity index (χ0) is 14.0. The predicted octanol–water partition coefficient (Wildman–Crippen LogP) is 1.42. The molecular weight excluding hydrogens is 264 g/mol. The van der Waals surface area contributed by atoms with Gasteiger partial charge in [-0.2, -0.15) is 0 Å². The van der Waals surface area contributed by atoms with Gasteiger partial charge in [-0.1, -0.05) is 0 Å². The minimum absolute atomic E-state index is 0.129. The van der Waals surface area contributed by atoms with E-state index in [1.165, 1.54) is 11.3 Å². The van der Waals surface area contributed by atoms with Gasteiger partial charge in [-0.05, 0) is 25.0 Å². The molecular formula is C13H18N2O3S. The van der Waals surface area contributed by atoms with E-state index < -0.39 is 5.97 Å². The fourth-order valence-electron chi connectivity index (χ4n) is 2.21. The fraction of sp³-hybridized carbons (Fsp3) is 0.538. The predicted molar refractivity (Wildman–Crippen MR) is 73.5 cm³/mol. The van der Waals surface area contributed by atoms with Crippen LogP contribution >= 0.6 is 11.3 Å². The van der Waals surface area contributed by atoms with Crippen LogP contribution in [0.4, 0.5) is 0 Å². The van der Waals surface area contributed by atoms with Crippen molar-refractivity contribution in [2.24, 2.45) is 0 Å². The first-order chi connectivity index (χ1) is 8.97. The third-order valence-electron chi connectivity index (χ3n) is 3.38. The topological polar surface area (TPSA) is 60.9 Å². The minimum atomic E-state index is -0.883. The van der Waals surface area contributed by atoms with Gasteiger partial charge in [-0.25, -0.2) is 4.79 Å². The second-order valence-electron chi connectivity index (χ2n) is 4.88. The summed E-state index contributed by atoms with van der Waals surface area (Å²) in [5.74, 6) is -0.755. The molecule has 2 heterocycles. The first kappa shape index (κ1) is 14.0. The lowest BCUT2D eigenvalue weighted by Crippen LogP contribution is -2.34. The molecule has 1 aromatic heterocycles. The summed E-state index contributed by atoms with van der Waals surface area (Å²) in [6, 6.07) is 1.72. The van der Waals surface area contributed by atoms with Gasteiger partial charge in [-0.15, -0.1) is 11.3 Å². The van der Waals surface area contributed by atoms with E-state index in [0.29, 0.717) is 18.0 Å². The van der Waals surface area contributed by atoms with Gasteiger partial charge in [0.2, 0.25) is 5.91 Å². The van der Waals surface area contributed by atoms with Gasteiger partial charge in [0, 0.05) is 31.6 Å². The van der Waals surface area contributed by atoms with E-state index in [9.17, 15) is 9.59 Å². The number of thiophene rings is 1. The Morgan fingerprint density at radius 2 is 2.21 bits per heavy atom. The van der Waals surface area contributed by atoms with Crippen LogP contribution in [0, 0.1) is 6.92 Å². The maximum atomic E-state index is 11.8. The number of nitrogens with zero attached hydrogens (tertiary/aromatic N) is 2. The van der Waals surface area contributed by atoms with Gasteiger partial charge in [0.25, 0.3) is 0 Å². The number of aryl methyl sites for hydroxylation is 1. The van der Waals surface area contributed by atoms with Gasteiger partial charge in [0.15, 0.2) is 0 Å². The van der Waals surface area contributed by atoms with E-state index in [4.69, 9.17) is 5.11 Å². The van der Waals surface area contributed by atoms with Crippen LogP contribution in [0.1, 0.15) is 26.5 Å². The Morgan fingerprint density at radius 1 is 1.47 bits per heavy atom. The van der Waals surface area contributed by atoms with Crippen LogP contribution in [0.2, 0.25) is 0 Å². The number of amides is 1. The molecule has 0 bridgehead atoms. The van der Waals surface area contributed by atoms with E-state index in [1.54, 1.807) is 11.0 Å². The number of hydrogen-bond acceptors (Lipinski definition) is 4. The number of rotatable bonds is 3. The van der Waals surface area contributed by atoms with Crippen molar-refractivity contribution in [3.8, 4) is 0 Å². The van der Waals surface area contributed by atoms with Crippen LogP contribution in [0.3, 0.4) is 0 Å². The average molecular weight is 282 g/mol. The molecule has 0 saturated carbocycles.